The van der Waals surface area contributed by atoms with Crippen LogP contribution in [0.25, 0.3) is 0 Å². The number of hydrogen-bond acceptors (Lipinski definition) is 5. The standard InChI is InChI=1S/C11H18N2O2S/c1-16-10-4-2-3-9(12-5-7-14)11(10)13-6-8-15/h2-4,12-15H,5-8H2,1H3. The minimum absolute atomic E-state index is 0.0994. The summed E-state index contributed by atoms with van der Waals surface area (Å²) in [5.41, 5.74) is 1.94. The molecule has 0 bridgehead atoms. The Morgan fingerprint density at radius 2 is 1.81 bits per heavy atom. The lowest BCUT2D eigenvalue weighted by molar-refractivity contribution is 0.310. The van der Waals surface area contributed by atoms with Crippen molar-refractivity contribution in [1.29, 1.82) is 0 Å². The monoisotopic (exact) mass is 242 g/mol. The highest BCUT2D eigenvalue weighted by Crippen LogP contribution is 2.32. The number of benzene rings is 1. The molecule has 0 aliphatic heterocycles. The van der Waals surface area contributed by atoms with Gasteiger partial charge in [0.15, 0.2) is 0 Å². The van der Waals surface area contributed by atoms with Gasteiger partial charge < -0.3 is 20.8 Å². The van der Waals surface area contributed by atoms with E-state index in [4.69, 9.17) is 10.2 Å². The Balaban J connectivity index is 2.86. The molecule has 16 heavy (non-hydrogen) atoms. The fourth-order valence-corrected chi connectivity index (χ4v) is 2.00. The molecule has 0 fully saturated rings. The number of hydrogen-bond donors (Lipinski definition) is 4. The topological polar surface area (TPSA) is 64.5 Å². The molecule has 4 N–H and O–H groups in total. The van der Waals surface area contributed by atoms with Crippen LogP contribution in [-0.2, 0) is 0 Å². The summed E-state index contributed by atoms with van der Waals surface area (Å²) in [6.07, 6.45) is 2.01. The van der Waals surface area contributed by atoms with Gasteiger partial charge in [-0.15, -0.1) is 11.8 Å². The van der Waals surface area contributed by atoms with Crippen LogP contribution in [0.3, 0.4) is 0 Å². The first-order chi connectivity index (χ1) is 7.83. The molecule has 5 heteroatoms. The highest BCUT2D eigenvalue weighted by atomic mass is 32.2. The molecular formula is C11H18N2O2S. The number of para-hydroxylation sites is 1. The summed E-state index contributed by atoms with van der Waals surface area (Å²) in [4.78, 5) is 1.12. The second-order valence-corrected chi connectivity index (χ2v) is 4.03. The predicted octanol–water partition coefficient (Wildman–Crippen LogP) is 1.22. The third-order valence-electron chi connectivity index (χ3n) is 2.09. The Hall–Kier alpha value is -0.910. The molecule has 0 atom stereocenters. The lowest BCUT2D eigenvalue weighted by Crippen LogP contribution is -2.11. The average Bonchev–Trinajstić information content (AvgIpc) is 2.33. The average molecular weight is 242 g/mol. The van der Waals surface area contributed by atoms with E-state index >= 15 is 0 Å². The predicted molar refractivity (Wildman–Crippen MR) is 69.4 cm³/mol. The summed E-state index contributed by atoms with van der Waals surface area (Å²) in [6, 6.07) is 5.94. The quantitative estimate of drug-likeness (QED) is 0.541. The van der Waals surface area contributed by atoms with Crippen molar-refractivity contribution >= 4 is 23.1 Å². The molecule has 1 aromatic carbocycles. The van der Waals surface area contributed by atoms with E-state index in [0.717, 1.165) is 16.3 Å². The maximum Gasteiger partial charge on any atom is 0.0714 e. The molecule has 1 rings (SSSR count). The fraction of sp³-hybridized carbons (Fsp3) is 0.455. The molecule has 0 saturated heterocycles. The molecule has 90 valence electrons. The van der Waals surface area contributed by atoms with E-state index in [-0.39, 0.29) is 13.2 Å². The zero-order chi connectivity index (χ0) is 11.8. The summed E-state index contributed by atoms with van der Waals surface area (Å²) in [5.74, 6) is 0. The van der Waals surface area contributed by atoms with Crippen molar-refractivity contribution in [2.24, 2.45) is 0 Å². The summed E-state index contributed by atoms with van der Waals surface area (Å²) < 4.78 is 0. The molecule has 0 spiro atoms. The number of anilines is 2. The third kappa shape index (κ3) is 3.59. The number of aliphatic hydroxyl groups excluding tert-OH is 2. The molecule has 4 nitrogen and oxygen atoms in total. The summed E-state index contributed by atoms with van der Waals surface area (Å²) in [7, 11) is 0. The SMILES string of the molecule is CSc1cccc(NCCO)c1NCCO. The number of thioether (sulfide) groups is 1. The smallest absolute Gasteiger partial charge is 0.0714 e. The van der Waals surface area contributed by atoms with Crippen LogP contribution in [-0.4, -0.2) is 42.8 Å². The van der Waals surface area contributed by atoms with E-state index in [1.807, 2.05) is 24.5 Å². The van der Waals surface area contributed by atoms with Gasteiger partial charge in [0, 0.05) is 18.0 Å². The normalized spacial score (nSPS) is 10.2. The van der Waals surface area contributed by atoms with Crippen molar-refractivity contribution in [1.82, 2.24) is 0 Å². The third-order valence-corrected chi connectivity index (χ3v) is 2.87. The molecule has 0 aliphatic carbocycles. The van der Waals surface area contributed by atoms with Crippen LogP contribution in [0.4, 0.5) is 11.4 Å². The van der Waals surface area contributed by atoms with Gasteiger partial charge in [-0.2, -0.15) is 0 Å². The molecular weight excluding hydrogens is 224 g/mol. The van der Waals surface area contributed by atoms with Crippen LogP contribution in [0.15, 0.2) is 23.1 Å². The van der Waals surface area contributed by atoms with E-state index in [1.54, 1.807) is 11.8 Å². The van der Waals surface area contributed by atoms with Gasteiger partial charge in [-0.3, -0.25) is 0 Å². The van der Waals surface area contributed by atoms with Gasteiger partial charge in [0.05, 0.1) is 24.6 Å². The van der Waals surface area contributed by atoms with E-state index in [0.29, 0.717) is 13.1 Å². The van der Waals surface area contributed by atoms with Gasteiger partial charge in [-0.25, -0.2) is 0 Å². The minimum atomic E-state index is 0.0994. The van der Waals surface area contributed by atoms with Crippen LogP contribution < -0.4 is 10.6 Å². The lowest BCUT2D eigenvalue weighted by atomic mass is 10.2. The largest absolute Gasteiger partial charge is 0.395 e. The molecule has 0 saturated carbocycles. The Kier molecular flexibility index (Phi) is 6.07. The molecule has 1 aromatic rings. The second-order valence-electron chi connectivity index (χ2n) is 3.18. The Bertz CT molecular complexity index is 321. The molecule has 0 aromatic heterocycles. The maximum atomic E-state index is 8.83. The van der Waals surface area contributed by atoms with Crippen LogP contribution in [0.1, 0.15) is 0 Å². The lowest BCUT2D eigenvalue weighted by Gasteiger charge is -2.15. The van der Waals surface area contributed by atoms with Crippen molar-refractivity contribution in [3.05, 3.63) is 18.2 Å². The van der Waals surface area contributed by atoms with E-state index in [2.05, 4.69) is 10.6 Å². The van der Waals surface area contributed by atoms with Gasteiger partial charge in [-0.1, -0.05) is 6.07 Å². The zero-order valence-corrected chi connectivity index (χ0v) is 10.2. The van der Waals surface area contributed by atoms with Gasteiger partial charge >= 0.3 is 0 Å². The van der Waals surface area contributed by atoms with Crippen molar-refractivity contribution in [2.45, 2.75) is 4.90 Å². The molecule has 0 radical (unpaired) electrons. The van der Waals surface area contributed by atoms with Crippen molar-refractivity contribution < 1.29 is 10.2 Å². The molecule has 0 unspecified atom stereocenters. The van der Waals surface area contributed by atoms with Gasteiger partial charge in [0.2, 0.25) is 0 Å². The van der Waals surface area contributed by atoms with Crippen LogP contribution in [0.5, 0.6) is 0 Å². The summed E-state index contributed by atoms with van der Waals surface area (Å²) in [6.45, 7) is 1.24. The Labute approximate surface area is 100 Å². The maximum absolute atomic E-state index is 8.83. The fourth-order valence-electron chi connectivity index (χ4n) is 1.40. The minimum Gasteiger partial charge on any atom is -0.395 e. The molecule has 0 amide bonds. The first kappa shape index (κ1) is 13.2. The van der Waals surface area contributed by atoms with E-state index in [1.165, 1.54) is 0 Å². The van der Waals surface area contributed by atoms with Crippen molar-refractivity contribution in [3.63, 3.8) is 0 Å². The molecule has 0 aliphatic rings. The number of rotatable bonds is 7. The van der Waals surface area contributed by atoms with Gasteiger partial charge in [-0.05, 0) is 18.4 Å². The van der Waals surface area contributed by atoms with Crippen LogP contribution in [0.2, 0.25) is 0 Å². The first-order valence-corrected chi connectivity index (χ1v) is 6.42. The van der Waals surface area contributed by atoms with Crippen LogP contribution >= 0.6 is 11.8 Å². The zero-order valence-electron chi connectivity index (χ0n) is 9.36. The summed E-state index contributed by atoms with van der Waals surface area (Å²) in [5, 5.41) is 23.9. The van der Waals surface area contributed by atoms with Crippen molar-refractivity contribution in [3.8, 4) is 0 Å². The number of aliphatic hydroxyl groups is 2. The molecule has 0 heterocycles. The highest BCUT2D eigenvalue weighted by Gasteiger charge is 2.06. The summed E-state index contributed by atoms with van der Waals surface area (Å²) >= 11 is 1.65. The number of nitrogens with one attached hydrogen (secondary N) is 2. The van der Waals surface area contributed by atoms with Gasteiger partial charge in [0.1, 0.15) is 0 Å². The van der Waals surface area contributed by atoms with Crippen LogP contribution in [0, 0.1) is 0 Å². The Morgan fingerprint density at radius 3 is 2.44 bits per heavy atom. The highest BCUT2D eigenvalue weighted by molar-refractivity contribution is 7.98. The Morgan fingerprint density at radius 1 is 1.12 bits per heavy atom. The van der Waals surface area contributed by atoms with Gasteiger partial charge in [0.25, 0.3) is 0 Å². The van der Waals surface area contributed by atoms with Crippen molar-refractivity contribution in [2.75, 3.05) is 43.2 Å². The van der Waals surface area contributed by atoms with E-state index < -0.39 is 0 Å². The second kappa shape index (κ2) is 7.38. The van der Waals surface area contributed by atoms with E-state index in [9.17, 15) is 0 Å². The first-order valence-electron chi connectivity index (χ1n) is 5.20.